The fourth-order valence-corrected chi connectivity index (χ4v) is 2.50. The fraction of sp³-hybridized carbons (Fsp3) is 0.824. The van der Waals surface area contributed by atoms with Gasteiger partial charge in [-0.25, -0.2) is 4.99 Å². The van der Waals surface area contributed by atoms with Gasteiger partial charge in [0.2, 0.25) is 11.8 Å². The Morgan fingerprint density at radius 3 is 2.52 bits per heavy atom. The second-order valence-corrected chi connectivity index (χ2v) is 6.42. The van der Waals surface area contributed by atoms with Crippen molar-refractivity contribution < 1.29 is 14.3 Å². The third-order valence-corrected chi connectivity index (χ3v) is 4.12. The minimum Gasteiger partial charge on any atom is -0.384 e. The number of ether oxygens (including phenoxy) is 1. The summed E-state index contributed by atoms with van der Waals surface area (Å²) in [6.07, 6.45) is 3.15. The Morgan fingerprint density at radius 2 is 1.96 bits per heavy atom. The normalized spacial score (nSPS) is 15.8. The van der Waals surface area contributed by atoms with Crippen LogP contribution in [0.25, 0.3) is 0 Å². The van der Waals surface area contributed by atoms with Crippen LogP contribution < -0.4 is 10.6 Å². The maximum absolute atomic E-state index is 12.0. The van der Waals surface area contributed by atoms with Crippen molar-refractivity contribution in [2.24, 2.45) is 4.99 Å². The number of guanidine groups is 1. The first-order valence-electron chi connectivity index (χ1n) is 8.99. The van der Waals surface area contributed by atoms with Crippen LogP contribution in [0.4, 0.5) is 0 Å². The lowest BCUT2D eigenvalue weighted by molar-refractivity contribution is -0.133. The van der Waals surface area contributed by atoms with Gasteiger partial charge < -0.3 is 25.2 Å². The van der Waals surface area contributed by atoms with E-state index in [4.69, 9.17) is 4.74 Å². The quantitative estimate of drug-likeness (QED) is 0.475. The number of carbonyl (C=O) groups is 2. The molecule has 0 aromatic rings. The van der Waals surface area contributed by atoms with Crippen molar-refractivity contribution in [2.45, 2.75) is 38.6 Å². The van der Waals surface area contributed by atoms with Crippen molar-refractivity contribution in [2.75, 3.05) is 54.0 Å². The lowest BCUT2D eigenvalue weighted by Gasteiger charge is -2.33. The maximum Gasteiger partial charge on any atom is 0.243 e. The first-order valence-corrected chi connectivity index (χ1v) is 8.99. The Kier molecular flexibility index (Phi) is 9.91. The molecular formula is C17H33N5O3. The van der Waals surface area contributed by atoms with E-state index in [1.807, 2.05) is 4.90 Å². The van der Waals surface area contributed by atoms with Crippen LogP contribution in [0.3, 0.4) is 0 Å². The topological polar surface area (TPSA) is 86.3 Å². The molecule has 2 amide bonds. The number of amides is 2. The van der Waals surface area contributed by atoms with E-state index in [1.54, 1.807) is 21.2 Å². The molecule has 0 saturated carbocycles. The number of likely N-dealkylation sites (N-methyl/N-ethyl adjacent to an activating group) is 1. The number of likely N-dealkylation sites (tertiary alicyclic amines) is 1. The van der Waals surface area contributed by atoms with Gasteiger partial charge in [0.25, 0.3) is 0 Å². The smallest absolute Gasteiger partial charge is 0.243 e. The molecule has 144 valence electrons. The van der Waals surface area contributed by atoms with Gasteiger partial charge in [0.15, 0.2) is 5.96 Å². The molecule has 8 heteroatoms. The van der Waals surface area contributed by atoms with Crippen molar-refractivity contribution in [1.29, 1.82) is 0 Å². The number of piperidine rings is 1. The zero-order chi connectivity index (χ0) is 18.7. The Hall–Kier alpha value is -1.83. The Morgan fingerprint density at radius 1 is 1.28 bits per heavy atom. The Bertz CT molecular complexity index is 446. The van der Waals surface area contributed by atoms with E-state index in [1.165, 1.54) is 4.90 Å². The number of hydrogen-bond acceptors (Lipinski definition) is 4. The van der Waals surface area contributed by atoms with Gasteiger partial charge in [0, 0.05) is 46.9 Å². The highest BCUT2D eigenvalue weighted by Gasteiger charge is 2.23. The number of methoxy groups -OCH3 is 1. The first kappa shape index (κ1) is 21.2. The van der Waals surface area contributed by atoms with E-state index >= 15 is 0 Å². The molecular weight excluding hydrogens is 322 g/mol. The molecule has 25 heavy (non-hydrogen) atoms. The molecule has 1 saturated heterocycles. The minimum absolute atomic E-state index is 0.0313. The van der Waals surface area contributed by atoms with Crippen LogP contribution in [0.15, 0.2) is 4.99 Å². The maximum atomic E-state index is 12.0. The molecule has 0 bridgehead atoms. The minimum atomic E-state index is -0.0313. The number of nitrogens with zero attached hydrogens (tertiary/aromatic N) is 3. The highest BCUT2D eigenvalue weighted by molar-refractivity contribution is 5.85. The predicted octanol–water partition coefficient (Wildman–Crippen LogP) is 0.0473. The third kappa shape index (κ3) is 8.20. The second kappa shape index (κ2) is 11.7. The van der Waals surface area contributed by atoms with Crippen LogP contribution in [0.2, 0.25) is 0 Å². The standard InChI is InChI=1S/C17H33N5O3/c1-5-9-18-17(19-13-16(24)21(2)3)20-14-6-10-22(11-7-14)15(23)8-12-25-4/h14H,5-13H2,1-4H3,(H2,18,19,20). The number of aliphatic imine (C=N–C) groups is 1. The number of carbonyl (C=O) groups excluding carboxylic acids is 2. The molecule has 1 fully saturated rings. The molecule has 1 rings (SSSR count). The van der Waals surface area contributed by atoms with E-state index in [9.17, 15) is 9.59 Å². The predicted molar refractivity (Wildman–Crippen MR) is 98.5 cm³/mol. The molecule has 1 aliphatic rings. The molecule has 0 aliphatic carbocycles. The highest BCUT2D eigenvalue weighted by Crippen LogP contribution is 2.11. The summed E-state index contributed by atoms with van der Waals surface area (Å²) in [7, 11) is 5.05. The lowest BCUT2D eigenvalue weighted by Crippen LogP contribution is -2.50. The van der Waals surface area contributed by atoms with Crippen molar-refractivity contribution in [1.82, 2.24) is 20.4 Å². The van der Waals surface area contributed by atoms with Crippen LogP contribution in [-0.4, -0.2) is 87.6 Å². The average Bonchev–Trinajstić information content (AvgIpc) is 2.61. The summed E-state index contributed by atoms with van der Waals surface area (Å²) in [6.45, 7) is 4.95. The molecule has 0 aromatic heterocycles. The van der Waals surface area contributed by atoms with Gasteiger partial charge in [-0.1, -0.05) is 6.92 Å². The second-order valence-electron chi connectivity index (χ2n) is 6.42. The van der Waals surface area contributed by atoms with Crippen LogP contribution in [0.1, 0.15) is 32.6 Å². The van der Waals surface area contributed by atoms with E-state index in [0.717, 1.165) is 38.9 Å². The summed E-state index contributed by atoms with van der Waals surface area (Å²) < 4.78 is 4.96. The summed E-state index contributed by atoms with van der Waals surface area (Å²) in [5, 5.41) is 6.64. The van der Waals surface area contributed by atoms with Gasteiger partial charge >= 0.3 is 0 Å². The first-order chi connectivity index (χ1) is 12.0. The van der Waals surface area contributed by atoms with Gasteiger partial charge in [-0.3, -0.25) is 9.59 Å². The Balaban J connectivity index is 2.49. The Labute approximate surface area is 151 Å². The molecule has 1 heterocycles. The number of nitrogens with one attached hydrogen (secondary N) is 2. The van der Waals surface area contributed by atoms with Gasteiger partial charge in [-0.15, -0.1) is 0 Å². The molecule has 0 radical (unpaired) electrons. The van der Waals surface area contributed by atoms with Crippen LogP contribution >= 0.6 is 0 Å². The van der Waals surface area contributed by atoms with Crippen LogP contribution in [0, 0.1) is 0 Å². The summed E-state index contributed by atoms with van der Waals surface area (Å²) in [6, 6.07) is 0.254. The molecule has 0 unspecified atom stereocenters. The average molecular weight is 355 g/mol. The molecule has 0 atom stereocenters. The lowest BCUT2D eigenvalue weighted by atomic mass is 10.0. The van der Waals surface area contributed by atoms with Gasteiger partial charge in [0.05, 0.1) is 13.0 Å². The zero-order valence-electron chi connectivity index (χ0n) is 16.0. The molecule has 0 aromatic carbocycles. The van der Waals surface area contributed by atoms with Gasteiger partial charge in [-0.2, -0.15) is 0 Å². The molecule has 8 nitrogen and oxygen atoms in total. The van der Waals surface area contributed by atoms with E-state index in [0.29, 0.717) is 19.0 Å². The van der Waals surface area contributed by atoms with Crippen LogP contribution in [0.5, 0.6) is 0 Å². The largest absolute Gasteiger partial charge is 0.384 e. The van der Waals surface area contributed by atoms with Gasteiger partial charge in [-0.05, 0) is 19.3 Å². The van der Waals surface area contributed by atoms with E-state index < -0.39 is 0 Å². The van der Waals surface area contributed by atoms with Crippen molar-refractivity contribution in [3.05, 3.63) is 0 Å². The SMILES string of the molecule is CCCNC(=NCC(=O)N(C)C)NC1CCN(C(=O)CCOC)CC1. The van der Waals surface area contributed by atoms with Crippen molar-refractivity contribution in [3.63, 3.8) is 0 Å². The van der Waals surface area contributed by atoms with Gasteiger partial charge in [0.1, 0.15) is 6.54 Å². The fourth-order valence-electron chi connectivity index (χ4n) is 2.50. The monoisotopic (exact) mass is 355 g/mol. The van der Waals surface area contributed by atoms with Crippen LogP contribution in [-0.2, 0) is 14.3 Å². The van der Waals surface area contributed by atoms with Crippen molar-refractivity contribution in [3.8, 4) is 0 Å². The van der Waals surface area contributed by atoms with Crippen molar-refractivity contribution >= 4 is 17.8 Å². The summed E-state index contributed by atoms with van der Waals surface area (Å²) in [5.74, 6) is 0.784. The van der Waals surface area contributed by atoms with E-state index in [2.05, 4.69) is 22.5 Å². The van der Waals surface area contributed by atoms with E-state index in [-0.39, 0.29) is 24.4 Å². The zero-order valence-corrected chi connectivity index (χ0v) is 16.0. The molecule has 0 spiro atoms. The third-order valence-electron chi connectivity index (χ3n) is 4.12. The molecule has 2 N–H and O–H groups in total. The summed E-state index contributed by atoms with van der Waals surface area (Å²) in [5.41, 5.74) is 0. The number of hydrogen-bond donors (Lipinski definition) is 2. The molecule has 1 aliphatic heterocycles. The highest BCUT2D eigenvalue weighted by atomic mass is 16.5. The summed E-state index contributed by atoms with van der Waals surface area (Å²) >= 11 is 0. The summed E-state index contributed by atoms with van der Waals surface area (Å²) in [4.78, 5) is 31.5. The number of rotatable bonds is 8.